The Balaban J connectivity index is 2.30. The van der Waals surface area contributed by atoms with Gasteiger partial charge in [0.2, 0.25) is 0 Å². The van der Waals surface area contributed by atoms with Crippen LogP contribution in [-0.4, -0.2) is 27.4 Å². The molecule has 0 unspecified atom stereocenters. The van der Waals surface area contributed by atoms with E-state index in [0.29, 0.717) is 5.82 Å². The maximum absolute atomic E-state index is 12.1. The van der Waals surface area contributed by atoms with E-state index in [1.54, 1.807) is 18.5 Å². The van der Waals surface area contributed by atoms with E-state index in [1.807, 2.05) is 37.3 Å². The van der Waals surface area contributed by atoms with Crippen LogP contribution in [0.5, 0.6) is 0 Å². The number of carbonyl (C=O) groups excluding carboxylic acids is 1. The number of nitrogens with zero attached hydrogens (tertiary/aromatic N) is 2. The zero-order valence-electron chi connectivity index (χ0n) is 15.7. The van der Waals surface area contributed by atoms with Crippen molar-refractivity contribution in [3.8, 4) is 5.69 Å². The number of anilines is 1. The molecule has 0 atom stereocenters. The lowest BCUT2D eigenvalue weighted by atomic mass is 9.92. The van der Waals surface area contributed by atoms with Gasteiger partial charge in [0.1, 0.15) is 12.4 Å². The number of amides is 1. The summed E-state index contributed by atoms with van der Waals surface area (Å²) in [5.74, 6) is 0.561. The van der Waals surface area contributed by atoms with Gasteiger partial charge in [0.15, 0.2) is 0 Å². The molecule has 5 nitrogen and oxygen atoms in total. The fourth-order valence-corrected chi connectivity index (χ4v) is 2.15. The normalized spacial score (nSPS) is 12.1. The first-order chi connectivity index (χ1) is 11.5. The lowest BCUT2D eigenvalue weighted by Gasteiger charge is -2.16. The van der Waals surface area contributed by atoms with Crippen molar-refractivity contribution in [1.29, 1.82) is 0 Å². The number of aromatic nitrogens is 2. The molecular weight excluding hydrogens is 338 g/mol. The predicted molar refractivity (Wildman–Crippen MR) is 102 cm³/mol. The summed E-state index contributed by atoms with van der Waals surface area (Å²) in [7, 11) is 0. The van der Waals surface area contributed by atoms with E-state index < -0.39 is 11.0 Å². The van der Waals surface area contributed by atoms with Crippen LogP contribution in [0.15, 0.2) is 30.3 Å². The SMILES string of the molecule is Cc1ccc(-n2nc(C(C)(C)C)cc2NC(=O)OCC(C)(C)Cl)cc1. The fourth-order valence-electron chi connectivity index (χ4n) is 2.10. The Labute approximate surface area is 154 Å². The van der Waals surface area contributed by atoms with Gasteiger partial charge in [0.05, 0.1) is 16.3 Å². The van der Waals surface area contributed by atoms with Gasteiger partial charge in [-0.25, -0.2) is 9.48 Å². The highest BCUT2D eigenvalue weighted by Gasteiger charge is 2.22. The van der Waals surface area contributed by atoms with E-state index in [0.717, 1.165) is 16.9 Å². The molecule has 2 aromatic rings. The summed E-state index contributed by atoms with van der Waals surface area (Å²) in [6.45, 7) is 11.9. The van der Waals surface area contributed by atoms with Crippen LogP contribution >= 0.6 is 11.6 Å². The third-order valence-electron chi connectivity index (χ3n) is 3.53. The quantitative estimate of drug-likeness (QED) is 0.774. The number of rotatable bonds is 4. The minimum atomic E-state index is -0.606. The van der Waals surface area contributed by atoms with Crippen molar-refractivity contribution in [3.63, 3.8) is 0 Å². The molecule has 0 aliphatic carbocycles. The summed E-state index contributed by atoms with van der Waals surface area (Å²) >= 11 is 6.06. The largest absolute Gasteiger partial charge is 0.447 e. The van der Waals surface area contributed by atoms with Crippen LogP contribution in [0, 0.1) is 6.92 Å². The van der Waals surface area contributed by atoms with Crippen LogP contribution in [0.25, 0.3) is 5.69 Å². The number of hydrogen-bond acceptors (Lipinski definition) is 3. The number of benzene rings is 1. The Morgan fingerprint density at radius 3 is 2.32 bits per heavy atom. The van der Waals surface area contributed by atoms with Crippen molar-refractivity contribution in [2.45, 2.75) is 51.8 Å². The Morgan fingerprint density at radius 2 is 1.80 bits per heavy atom. The number of carbonyl (C=O) groups is 1. The smallest absolute Gasteiger partial charge is 0.412 e. The van der Waals surface area contributed by atoms with Crippen LogP contribution in [0.1, 0.15) is 45.9 Å². The summed E-state index contributed by atoms with van der Waals surface area (Å²) in [5.41, 5.74) is 2.76. The van der Waals surface area contributed by atoms with Crippen LogP contribution in [0.2, 0.25) is 0 Å². The lowest BCUT2D eigenvalue weighted by Crippen LogP contribution is -2.25. The highest BCUT2D eigenvalue weighted by atomic mass is 35.5. The molecule has 0 fully saturated rings. The van der Waals surface area contributed by atoms with Gasteiger partial charge in [-0.15, -0.1) is 11.6 Å². The first kappa shape index (κ1) is 19.3. The van der Waals surface area contributed by atoms with Gasteiger partial charge in [-0.2, -0.15) is 5.10 Å². The zero-order chi connectivity index (χ0) is 18.8. The molecule has 1 aromatic carbocycles. The molecule has 1 heterocycles. The average Bonchev–Trinajstić information content (AvgIpc) is 2.89. The topological polar surface area (TPSA) is 56.2 Å². The molecule has 1 amide bonds. The first-order valence-electron chi connectivity index (χ1n) is 8.26. The maximum atomic E-state index is 12.1. The van der Waals surface area contributed by atoms with Crippen molar-refractivity contribution >= 4 is 23.5 Å². The Kier molecular flexibility index (Phi) is 5.47. The predicted octanol–water partition coefficient (Wildman–Crippen LogP) is 5.04. The van der Waals surface area contributed by atoms with Crippen LogP contribution < -0.4 is 5.32 Å². The Morgan fingerprint density at radius 1 is 1.20 bits per heavy atom. The average molecular weight is 364 g/mol. The third kappa shape index (κ3) is 5.49. The Bertz CT molecular complexity index is 738. The van der Waals surface area contributed by atoms with E-state index in [-0.39, 0.29) is 12.0 Å². The zero-order valence-corrected chi connectivity index (χ0v) is 16.4. The highest BCUT2D eigenvalue weighted by Crippen LogP contribution is 2.26. The van der Waals surface area contributed by atoms with E-state index in [9.17, 15) is 4.79 Å². The van der Waals surface area contributed by atoms with Crippen LogP contribution in [0.4, 0.5) is 10.6 Å². The molecule has 0 saturated carbocycles. The third-order valence-corrected chi connectivity index (χ3v) is 3.64. The molecular formula is C19H26ClN3O2. The van der Waals surface area contributed by atoms with Crippen LogP contribution in [0.3, 0.4) is 0 Å². The molecule has 0 aliphatic rings. The molecule has 25 heavy (non-hydrogen) atoms. The number of alkyl halides is 1. The van der Waals surface area contributed by atoms with Gasteiger partial charge in [-0.05, 0) is 32.9 Å². The number of halogens is 1. The van der Waals surface area contributed by atoms with E-state index >= 15 is 0 Å². The number of nitrogens with one attached hydrogen (secondary N) is 1. The van der Waals surface area contributed by atoms with Gasteiger partial charge in [0, 0.05) is 11.5 Å². The van der Waals surface area contributed by atoms with Crippen molar-refractivity contribution in [2.24, 2.45) is 0 Å². The molecule has 0 aliphatic heterocycles. The fraction of sp³-hybridized carbons (Fsp3) is 0.474. The first-order valence-corrected chi connectivity index (χ1v) is 8.64. The molecule has 0 bridgehead atoms. The molecule has 0 radical (unpaired) electrons. The second-order valence-electron chi connectivity index (χ2n) is 7.83. The summed E-state index contributed by atoms with van der Waals surface area (Å²) < 4.78 is 6.91. The molecule has 0 saturated heterocycles. The monoisotopic (exact) mass is 363 g/mol. The minimum Gasteiger partial charge on any atom is -0.447 e. The summed E-state index contributed by atoms with van der Waals surface area (Å²) in [5, 5.41) is 7.43. The molecule has 0 spiro atoms. The van der Waals surface area contributed by atoms with Crippen LogP contribution in [-0.2, 0) is 10.2 Å². The van der Waals surface area contributed by atoms with Crippen molar-refractivity contribution in [2.75, 3.05) is 11.9 Å². The summed E-state index contributed by atoms with van der Waals surface area (Å²) in [6, 6.07) is 9.81. The number of hydrogen-bond donors (Lipinski definition) is 1. The second-order valence-corrected chi connectivity index (χ2v) is 8.86. The standard InChI is InChI=1S/C19H26ClN3O2/c1-13-7-9-14(10-8-13)23-16(11-15(22-23)18(2,3)4)21-17(24)25-12-19(5,6)20/h7-11H,12H2,1-6H3,(H,21,24). The highest BCUT2D eigenvalue weighted by molar-refractivity contribution is 6.23. The van der Waals surface area contributed by atoms with Crippen molar-refractivity contribution in [1.82, 2.24) is 9.78 Å². The Hall–Kier alpha value is -2.01. The van der Waals surface area contributed by atoms with E-state index in [1.165, 1.54) is 0 Å². The summed E-state index contributed by atoms with van der Waals surface area (Å²) in [6.07, 6.45) is -0.553. The van der Waals surface area contributed by atoms with Gasteiger partial charge in [0.25, 0.3) is 0 Å². The maximum Gasteiger partial charge on any atom is 0.412 e. The lowest BCUT2D eigenvalue weighted by molar-refractivity contribution is 0.152. The second kappa shape index (κ2) is 7.08. The molecule has 136 valence electrons. The van der Waals surface area contributed by atoms with E-state index in [2.05, 4.69) is 31.2 Å². The number of ether oxygens (including phenoxy) is 1. The van der Waals surface area contributed by atoms with Crippen molar-refractivity contribution < 1.29 is 9.53 Å². The van der Waals surface area contributed by atoms with E-state index in [4.69, 9.17) is 16.3 Å². The van der Waals surface area contributed by atoms with Crippen molar-refractivity contribution in [3.05, 3.63) is 41.6 Å². The van der Waals surface area contributed by atoms with Gasteiger partial charge < -0.3 is 4.74 Å². The van der Waals surface area contributed by atoms with Gasteiger partial charge in [-0.1, -0.05) is 38.5 Å². The van der Waals surface area contributed by atoms with Gasteiger partial charge >= 0.3 is 6.09 Å². The summed E-state index contributed by atoms with van der Waals surface area (Å²) in [4.78, 5) is 11.5. The molecule has 2 rings (SSSR count). The minimum absolute atomic E-state index is 0.116. The molecule has 6 heteroatoms. The van der Waals surface area contributed by atoms with Gasteiger partial charge in [-0.3, -0.25) is 5.32 Å². The number of aryl methyl sites for hydroxylation is 1. The molecule has 1 aromatic heterocycles. The molecule has 1 N–H and O–H groups in total.